The van der Waals surface area contributed by atoms with E-state index in [9.17, 15) is 0 Å². The molecule has 0 saturated carbocycles. The summed E-state index contributed by atoms with van der Waals surface area (Å²) in [5.41, 5.74) is 1.16. The van der Waals surface area contributed by atoms with Gasteiger partial charge in [-0.2, -0.15) is 0 Å². The first-order valence-electron chi connectivity index (χ1n) is 5.81. The monoisotopic (exact) mass is 221 g/mol. The number of rotatable bonds is 3. The average molecular weight is 221 g/mol. The first-order valence-corrected chi connectivity index (χ1v) is 5.81. The maximum Gasteiger partial charge on any atom is 0.127 e. The third kappa shape index (κ3) is 2.14. The Labute approximate surface area is 96.8 Å². The smallest absolute Gasteiger partial charge is 0.127 e. The van der Waals surface area contributed by atoms with Gasteiger partial charge in [-0.1, -0.05) is 12.5 Å². The first-order chi connectivity index (χ1) is 7.86. The highest BCUT2D eigenvalue weighted by molar-refractivity contribution is 5.47. The molecule has 1 aromatic carbocycles. The van der Waals surface area contributed by atoms with Crippen LogP contribution in [0.3, 0.4) is 0 Å². The zero-order valence-corrected chi connectivity index (χ0v) is 9.95. The zero-order valence-electron chi connectivity index (χ0n) is 9.95. The Bertz CT molecular complexity index is 324. The van der Waals surface area contributed by atoms with E-state index in [-0.39, 0.29) is 0 Å². The standard InChI is InChI=1S/C13H19NO2/c1-15-11-7-5-8-12(16-2)13(11)10-6-3-4-9-14-10/h5,7-8,10,14H,3-4,6,9H2,1-2H3/t10-/m0/s1. The largest absolute Gasteiger partial charge is 0.496 e. The summed E-state index contributed by atoms with van der Waals surface area (Å²) in [7, 11) is 3.42. The van der Waals surface area contributed by atoms with Crippen molar-refractivity contribution in [3.63, 3.8) is 0 Å². The normalized spacial score (nSPS) is 20.5. The van der Waals surface area contributed by atoms with E-state index in [0.717, 1.165) is 30.0 Å². The number of nitrogens with one attached hydrogen (secondary N) is 1. The molecule has 88 valence electrons. The van der Waals surface area contributed by atoms with E-state index in [2.05, 4.69) is 5.32 Å². The first kappa shape index (κ1) is 11.3. The lowest BCUT2D eigenvalue weighted by molar-refractivity contribution is 0.348. The van der Waals surface area contributed by atoms with Crippen molar-refractivity contribution < 1.29 is 9.47 Å². The number of hydrogen-bond donors (Lipinski definition) is 1. The van der Waals surface area contributed by atoms with E-state index in [4.69, 9.17) is 9.47 Å². The Morgan fingerprint density at radius 3 is 2.31 bits per heavy atom. The summed E-state index contributed by atoms with van der Waals surface area (Å²) in [6.07, 6.45) is 3.67. The Hall–Kier alpha value is -1.22. The van der Waals surface area contributed by atoms with Crippen LogP contribution in [0, 0.1) is 0 Å². The molecule has 1 saturated heterocycles. The van der Waals surface area contributed by atoms with E-state index in [1.165, 1.54) is 12.8 Å². The number of piperidine rings is 1. The van der Waals surface area contributed by atoms with Crippen molar-refractivity contribution in [3.05, 3.63) is 23.8 Å². The third-order valence-electron chi connectivity index (χ3n) is 3.12. The number of hydrogen-bond acceptors (Lipinski definition) is 3. The Morgan fingerprint density at radius 1 is 1.12 bits per heavy atom. The lowest BCUT2D eigenvalue weighted by Crippen LogP contribution is -2.27. The minimum atomic E-state index is 0.361. The van der Waals surface area contributed by atoms with Gasteiger partial charge in [0.2, 0.25) is 0 Å². The summed E-state index contributed by atoms with van der Waals surface area (Å²) in [5.74, 6) is 1.83. The van der Waals surface area contributed by atoms with Gasteiger partial charge in [-0.15, -0.1) is 0 Å². The second kappa shape index (κ2) is 5.21. The van der Waals surface area contributed by atoms with E-state index in [1.807, 2.05) is 18.2 Å². The second-order valence-electron chi connectivity index (χ2n) is 4.08. The highest BCUT2D eigenvalue weighted by atomic mass is 16.5. The minimum absolute atomic E-state index is 0.361. The summed E-state index contributed by atoms with van der Waals surface area (Å²) >= 11 is 0. The van der Waals surface area contributed by atoms with Crippen molar-refractivity contribution in [2.45, 2.75) is 25.3 Å². The second-order valence-corrected chi connectivity index (χ2v) is 4.08. The van der Waals surface area contributed by atoms with Gasteiger partial charge in [-0.3, -0.25) is 0 Å². The summed E-state index contributed by atoms with van der Waals surface area (Å²) < 4.78 is 10.8. The third-order valence-corrected chi connectivity index (χ3v) is 3.12. The molecule has 2 rings (SSSR count). The highest BCUT2D eigenvalue weighted by Gasteiger charge is 2.22. The van der Waals surface area contributed by atoms with Gasteiger partial charge in [0.15, 0.2) is 0 Å². The Morgan fingerprint density at radius 2 is 1.81 bits per heavy atom. The molecule has 1 atom stereocenters. The van der Waals surface area contributed by atoms with Crippen LogP contribution in [0.1, 0.15) is 30.9 Å². The molecule has 1 aromatic rings. The fraction of sp³-hybridized carbons (Fsp3) is 0.538. The van der Waals surface area contributed by atoms with Gasteiger partial charge >= 0.3 is 0 Å². The number of ether oxygens (including phenoxy) is 2. The van der Waals surface area contributed by atoms with E-state index < -0.39 is 0 Å². The molecule has 1 fully saturated rings. The Balaban J connectivity index is 2.34. The molecule has 0 aliphatic carbocycles. The van der Waals surface area contributed by atoms with Crippen LogP contribution in [0.5, 0.6) is 11.5 Å². The molecule has 3 heteroatoms. The van der Waals surface area contributed by atoms with Gasteiger partial charge < -0.3 is 14.8 Å². The lowest BCUT2D eigenvalue weighted by Gasteiger charge is -2.26. The molecular weight excluding hydrogens is 202 g/mol. The fourth-order valence-electron chi connectivity index (χ4n) is 2.32. The van der Waals surface area contributed by atoms with Gasteiger partial charge in [-0.25, -0.2) is 0 Å². The van der Waals surface area contributed by atoms with Crippen molar-refractivity contribution in [3.8, 4) is 11.5 Å². The lowest BCUT2D eigenvalue weighted by atomic mass is 9.96. The van der Waals surface area contributed by atoms with E-state index in [0.29, 0.717) is 6.04 Å². The van der Waals surface area contributed by atoms with Crippen LogP contribution < -0.4 is 14.8 Å². The predicted molar refractivity (Wildman–Crippen MR) is 64.1 cm³/mol. The summed E-state index contributed by atoms with van der Waals surface area (Å²) in [6, 6.07) is 6.31. The maximum absolute atomic E-state index is 5.42. The molecule has 1 aliphatic rings. The number of methoxy groups -OCH3 is 2. The van der Waals surface area contributed by atoms with Crippen molar-refractivity contribution >= 4 is 0 Å². The van der Waals surface area contributed by atoms with Gasteiger partial charge in [0.1, 0.15) is 11.5 Å². The van der Waals surface area contributed by atoms with Crippen molar-refractivity contribution in [1.29, 1.82) is 0 Å². The minimum Gasteiger partial charge on any atom is -0.496 e. The summed E-state index contributed by atoms with van der Waals surface area (Å²) in [4.78, 5) is 0. The number of benzene rings is 1. The molecule has 1 N–H and O–H groups in total. The van der Waals surface area contributed by atoms with Crippen molar-refractivity contribution in [2.75, 3.05) is 20.8 Å². The molecule has 0 aromatic heterocycles. The maximum atomic E-state index is 5.42. The van der Waals surface area contributed by atoms with Crippen LogP contribution in [0.2, 0.25) is 0 Å². The topological polar surface area (TPSA) is 30.5 Å². The van der Waals surface area contributed by atoms with Gasteiger partial charge in [0.05, 0.1) is 19.8 Å². The predicted octanol–water partition coefficient (Wildman–Crippen LogP) is 2.52. The van der Waals surface area contributed by atoms with Crippen LogP contribution in [0.15, 0.2) is 18.2 Å². The quantitative estimate of drug-likeness (QED) is 0.850. The molecule has 1 aliphatic heterocycles. The molecule has 0 radical (unpaired) electrons. The Kier molecular flexibility index (Phi) is 3.67. The van der Waals surface area contributed by atoms with Crippen LogP contribution >= 0.6 is 0 Å². The summed E-state index contributed by atoms with van der Waals surface area (Å²) in [6.45, 7) is 1.08. The molecule has 3 nitrogen and oxygen atoms in total. The van der Waals surface area contributed by atoms with Crippen LogP contribution in [-0.2, 0) is 0 Å². The van der Waals surface area contributed by atoms with Gasteiger partial charge in [0.25, 0.3) is 0 Å². The molecule has 0 unspecified atom stereocenters. The van der Waals surface area contributed by atoms with Crippen LogP contribution in [-0.4, -0.2) is 20.8 Å². The fourth-order valence-corrected chi connectivity index (χ4v) is 2.32. The highest BCUT2D eigenvalue weighted by Crippen LogP contribution is 2.37. The molecule has 0 spiro atoms. The van der Waals surface area contributed by atoms with E-state index in [1.54, 1.807) is 14.2 Å². The van der Waals surface area contributed by atoms with Gasteiger partial charge in [0, 0.05) is 6.04 Å². The van der Waals surface area contributed by atoms with Crippen LogP contribution in [0.4, 0.5) is 0 Å². The van der Waals surface area contributed by atoms with Gasteiger partial charge in [-0.05, 0) is 31.5 Å². The molecule has 0 amide bonds. The average Bonchev–Trinajstić information content (AvgIpc) is 2.38. The molecular formula is C13H19NO2. The SMILES string of the molecule is COc1cccc(OC)c1[C@@H]1CCCCN1. The van der Waals surface area contributed by atoms with Crippen molar-refractivity contribution in [2.24, 2.45) is 0 Å². The molecule has 16 heavy (non-hydrogen) atoms. The zero-order chi connectivity index (χ0) is 11.4. The molecule has 1 heterocycles. The molecule has 0 bridgehead atoms. The van der Waals surface area contributed by atoms with E-state index >= 15 is 0 Å². The van der Waals surface area contributed by atoms with Crippen molar-refractivity contribution in [1.82, 2.24) is 5.32 Å². The van der Waals surface area contributed by atoms with Crippen LogP contribution in [0.25, 0.3) is 0 Å². The summed E-state index contributed by atoms with van der Waals surface area (Å²) in [5, 5.41) is 3.52.